The number of carbonyl (C=O) groups excluding carboxylic acids is 3. The van der Waals surface area contributed by atoms with Crippen LogP contribution in [0.3, 0.4) is 0 Å². The molecule has 0 unspecified atom stereocenters. The first-order valence-corrected chi connectivity index (χ1v) is 14.8. The van der Waals surface area contributed by atoms with E-state index in [1.165, 1.54) is 25.7 Å². The van der Waals surface area contributed by atoms with Crippen molar-refractivity contribution in [3.63, 3.8) is 0 Å². The van der Waals surface area contributed by atoms with Crippen molar-refractivity contribution in [2.45, 2.75) is 64.8 Å². The fourth-order valence-corrected chi connectivity index (χ4v) is 7.38. The first-order chi connectivity index (χ1) is 17.9. The van der Waals surface area contributed by atoms with Gasteiger partial charge in [-0.1, -0.05) is 51.2 Å². The summed E-state index contributed by atoms with van der Waals surface area (Å²) in [5.74, 6) is -0.315. The van der Waals surface area contributed by atoms with Crippen LogP contribution in [0.5, 0.6) is 0 Å². The lowest BCUT2D eigenvalue weighted by Gasteiger charge is -2.41. The van der Waals surface area contributed by atoms with Crippen LogP contribution in [0.1, 0.15) is 73.5 Å². The normalized spacial score (nSPS) is 19.6. The molecular weight excluding hydrogens is 600 g/mol. The molecule has 0 saturated carbocycles. The molecule has 0 bridgehead atoms. The predicted octanol–water partition coefficient (Wildman–Crippen LogP) is 4.88. The van der Waals surface area contributed by atoms with Crippen molar-refractivity contribution in [3.05, 3.63) is 55.4 Å². The number of unbranched alkanes of at least 4 members (excludes halogenated alkanes) is 5. The molecule has 0 fully saturated rings. The molecule has 0 radical (unpaired) electrons. The Labute approximate surface area is 234 Å². The Bertz CT molecular complexity index is 1260. The van der Waals surface area contributed by atoms with E-state index in [2.05, 4.69) is 49.4 Å². The zero-order valence-electron chi connectivity index (χ0n) is 21.1. The number of rotatable bonds is 9. The molecule has 2 aliphatic carbocycles. The second-order valence-electron chi connectivity index (χ2n) is 10.2. The van der Waals surface area contributed by atoms with E-state index in [0.29, 0.717) is 46.4 Å². The van der Waals surface area contributed by atoms with Crippen LogP contribution < -0.4 is 10.6 Å². The van der Waals surface area contributed by atoms with Gasteiger partial charge in [-0.25, -0.2) is 0 Å². The summed E-state index contributed by atoms with van der Waals surface area (Å²) < 4.78 is 2.76. The number of amides is 1. The van der Waals surface area contributed by atoms with Gasteiger partial charge in [0.1, 0.15) is 12.2 Å². The van der Waals surface area contributed by atoms with E-state index in [1.807, 2.05) is 18.3 Å². The van der Waals surface area contributed by atoms with Crippen molar-refractivity contribution in [2.24, 2.45) is 10.4 Å². The third kappa shape index (κ3) is 4.85. The van der Waals surface area contributed by atoms with E-state index >= 15 is 0 Å². The number of fused-ring (bicyclic) bond motifs is 2. The Morgan fingerprint density at radius 2 is 1.84 bits per heavy atom. The highest BCUT2D eigenvalue weighted by molar-refractivity contribution is 9.13. The molecule has 196 valence electrons. The summed E-state index contributed by atoms with van der Waals surface area (Å²) in [5, 5.41) is 6.35. The van der Waals surface area contributed by atoms with E-state index in [-0.39, 0.29) is 24.0 Å². The van der Waals surface area contributed by atoms with Gasteiger partial charge in [0.05, 0.1) is 20.4 Å². The molecule has 3 heterocycles. The summed E-state index contributed by atoms with van der Waals surface area (Å²) in [6.07, 6.45) is 14.2. The molecule has 2 N–H and O–H groups in total. The minimum Gasteiger partial charge on any atom is -0.381 e. The first-order valence-electron chi connectivity index (χ1n) is 13.2. The Kier molecular flexibility index (Phi) is 7.73. The average molecular weight is 632 g/mol. The molecule has 2 aliphatic heterocycles. The molecule has 0 saturated heterocycles. The number of ketones is 2. The number of allylic oxidation sites excluding steroid dienone is 6. The molecule has 1 aromatic heterocycles. The summed E-state index contributed by atoms with van der Waals surface area (Å²) in [7, 11) is 0. The second-order valence-corrected chi connectivity index (χ2v) is 11.9. The summed E-state index contributed by atoms with van der Waals surface area (Å²) in [6.45, 7) is 4.17. The lowest BCUT2D eigenvalue weighted by molar-refractivity contribution is -0.121. The molecule has 1 spiro atoms. The third-order valence-corrected chi connectivity index (χ3v) is 8.83. The van der Waals surface area contributed by atoms with Crippen LogP contribution in [0, 0.1) is 5.41 Å². The number of hydrogen-bond donors (Lipinski definition) is 2. The van der Waals surface area contributed by atoms with Crippen molar-refractivity contribution in [2.75, 3.05) is 19.6 Å². The van der Waals surface area contributed by atoms with E-state index in [1.54, 1.807) is 4.57 Å². The van der Waals surface area contributed by atoms with E-state index in [0.717, 1.165) is 41.7 Å². The lowest BCUT2D eigenvalue weighted by atomic mass is 9.66. The zero-order chi connectivity index (χ0) is 26.2. The minimum absolute atomic E-state index is 0.0826. The number of nitrogens with zero attached hydrogens (tertiary/aromatic N) is 2. The van der Waals surface area contributed by atoms with Crippen LogP contribution in [-0.2, 0) is 22.6 Å². The Morgan fingerprint density at radius 1 is 1.11 bits per heavy atom. The van der Waals surface area contributed by atoms with Crippen LogP contribution >= 0.6 is 31.9 Å². The third-order valence-electron chi connectivity index (χ3n) is 7.65. The first kappa shape index (κ1) is 26.4. The maximum absolute atomic E-state index is 13.9. The number of aliphatic imine (C=N–C) groups is 1. The van der Waals surface area contributed by atoms with Crippen molar-refractivity contribution in [1.29, 1.82) is 0 Å². The molecule has 0 atom stereocenters. The van der Waals surface area contributed by atoms with Crippen LogP contribution in [-0.4, -0.2) is 47.4 Å². The molecule has 4 aliphatic rings. The van der Waals surface area contributed by atoms with E-state index in [9.17, 15) is 14.4 Å². The van der Waals surface area contributed by atoms with Gasteiger partial charge in [-0.3, -0.25) is 19.4 Å². The molecule has 1 amide bonds. The van der Waals surface area contributed by atoms with Gasteiger partial charge in [0.15, 0.2) is 0 Å². The van der Waals surface area contributed by atoms with Crippen LogP contribution in [0.2, 0.25) is 0 Å². The van der Waals surface area contributed by atoms with Crippen LogP contribution in [0.4, 0.5) is 0 Å². The van der Waals surface area contributed by atoms with Crippen molar-refractivity contribution in [3.8, 4) is 0 Å². The fourth-order valence-electron chi connectivity index (χ4n) is 5.87. The van der Waals surface area contributed by atoms with Crippen molar-refractivity contribution < 1.29 is 14.4 Å². The highest BCUT2D eigenvalue weighted by Crippen LogP contribution is 2.49. The quantitative estimate of drug-likeness (QED) is 0.380. The van der Waals surface area contributed by atoms with Crippen LogP contribution in [0.15, 0.2) is 43.6 Å². The highest BCUT2D eigenvalue weighted by atomic mass is 79.9. The number of halogens is 2. The van der Waals surface area contributed by atoms with Crippen LogP contribution in [0.25, 0.3) is 0 Å². The zero-order valence-corrected chi connectivity index (χ0v) is 24.3. The van der Waals surface area contributed by atoms with E-state index < -0.39 is 5.41 Å². The van der Waals surface area contributed by atoms with Gasteiger partial charge in [-0.15, -0.1) is 0 Å². The molecule has 9 heteroatoms. The van der Waals surface area contributed by atoms with Gasteiger partial charge in [0.2, 0.25) is 17.5 Å². The summed E-state index contributed by atoms with van der Waals surface area (Å²) in [6, 6.07) is 0. The Morgan fingerprint density at radius 3 is 2.59 bits per heavy atom. The van der Waals surface area contributed by atoms with Gasteiger partial charge < -0.3 is 15.2 Å². The SMILES string of the molecule is CCCCCCCCNC(=O)Cn1cc2c3c1C(=O)C1=C(C3=NCC2)C2(C=C(Br)C(=O)C(Br)=C2)CCN1. The van der Waals surface area contributed by atoms with Gasteiger partial charge >= 0.3 is 0 Å². The largest absolute Gasteiger partial charge is 0.381 e. The number of nitrogens with one attached hydrogen (secondary N) is 2. The fraction of sp³-hybridized carbons (Fsp3) is 0.500. The molecule has 7 nitrogen and oxygen atoms in total. The van der Waals surface area contributed by atoms with Gasteiger partial charge in [0, 0.05) is 42.4 Å². The van der Waals surface area contributed by atoms with Gasteiger partial charge in [0.25, 0.3) is 0 Å². The number of hydrogen-bond acceptors (Lipinski definition) is 5. The van der Waals surface area contributed by atoms with Crippen molar-refractivity contribution in [1.82, 2.24) is 15.2 Å². The smallest absolute Gasteiger partial charge is 0.239 e. The molecule has 0 aromatic carbocycles. The number of carbonyl (C=O) groups is 3. The summed E-state index contributed by atoms with van der Waals surface area (Å²) in [4.78, 5) is 44.1. The molecule has 5 rings (SSSR count). The van der Waals surface area contributed by atoms with E-state index in [4.69, 9.17) is 4.99 Å². The Hall–Kier alpha value is -2.26. The number of aromatic nitrogens is 1. The monoisotopic (exact) mass is 630 g/mol. The second kappa shape index (κ2) is 10.8. The van der Waals surface area contributed by atoms with Gasteiger partial charge in [-0.2, -0.15) is 0 Å². The molecular formula is C28H32Br2N4O3. The maximum atomic E-state index is 13.9. The Balaban J connectivity index is 1.41. The summed E-state index contributed by atoms with van der Waals surface area (Å²) >= 11 is 6.87. The number of Topliss-reactive ketones (excluding diaryl/α,β-unsaturated/α-hetero) is 2. The van der Waals surface area contributed by atoms with Crippen molar-refractivity contribution >= 4 is 55.0 Å². The molecule has 1 aromatic rings. The maximum Gasteiger partial charge on any atom is 0.239 e. The lowest BCUT2D eigenvalue weighted by Crippen LogP contribution is -2.45. The molecule has 37 heavy (non-hydrogen) atoms. The highest BCUT2D eigenvalue weighted by Gasteiger charge is 2.48. The standard InChI is InChI=1S/C28H32Br2N4O3/c1-2-3-4-5-6-7-10-31-20(35)16-34-15-17-8-11-32-23-21(17)25(34)27(37)24-22(23)28(9-12-33-24)13-18(29)26(36)19(30)14-28/h13-15,33H,2-12,16H2,1H3,(H,31,35). The van der Waals surface area contributed by atoms with Gasteiger partial charge in [-0.05, 0) is 56.7 Å². The topological polar surface area (TPSA) is 92.6 Å². The summed E-state index contributed by atoms with van der Waals surface area (Å²) in [5.41, 5.74) is 3.93. The minimum atomic E-state index is -0.621. The average Bonchev–Trinajstić information content (AvgIpc) is 3.24. The predicted molar refractivity (Wildman–Crippen MR) is 151 cm³/mol.